The molecule has 0 aromatic heterocycles. The van der Waals surface area contributed by atoms with Gasteiger partial charge in [0.1, 0.15) is 11.5 Å². The number of hydrogen-bond acceptors (Lipinski definition) is 5. The summed E-state index contributed by atoms with van der Waals surface area (Å²) < 4.78 is 5.01. The Kier molecular flexibility index (Phi) is 5.34. The molecule has 0 bridgehead atoms. The lowest BCUT2D eigenvalue weighted by atomic mass is 10.1. The van der Waals surface area contributed by atoms with Crippen LogP contribution in [0.4, 0.5) is 5.69 Å². The SMILES string of the molecule is COc1ccc(C=NNC(=O)CNc2cccc3ccccc23)c(O)c1. The standard InChI is InChI=1S/C20H19N3O3/c1-26-16-10-9-15(19(24)11-16)12-22-23-20(25)13-21-18-8-4-6-14-5-2-3-7-17(14)18/h2-12,21,24H,13H2,1H3,(H,23,25). The van der Waals surface area contributed by atoms with Crippen molar-refractivity contribution in [3.8, 4) is 11.5 Å². The summed E-state index contributed by atoms with van der Waals surface area (Å²) in [4.78, 5) is 12.0. The second kappa shape index (κ2) is 8.02. The van der Waals surface area contributed by atoms with Crippen LogP contribution in [0, 0.1) is 0 Å². The minimum atomic E-state index is -0.290. The van der Waals surface area contributed by atoms with Gasteiger partial charge in [-0.25, -0.2) is 5.43 Å². The maximum atomic E-state index is 12.0. The first-order valence-corrected chi connectivity index (χ1v) is 8.08. The minimum absolute atomic E-state index is 0.0243. The summed E-state index contributed by atoms with van der Waals surface area (Å²) in [6.07, 6.45) is 1.38. The molecule has 0 heterocycles. The molecule has 0 aliphatic rings. The predicted octanol–water partition coefficient (Wildman–Crippen LogP) is 3.12. The molecule has 0 unspecified atom stereocenters. The van der Waals surface area contributed by atoms with Gasteiger partial charge in [0, 0.05) is 22.7 Å². The number of phenols is 1. The van der Waals surface area contributed by atoms with Crippen LogP contribution in [-0.2, 0) is 4.79 Å². The number of carbonyl (C=O) groups excluding carboxylic acids is 1. The van der Waals surface area contributed by atoms with E-state index in [-0.39, 0.29) is 18.2 Å². The molecule has 1 amide bonds. The molecule has 0 aliphatic carbocycles. The van der Waals surface area contributed by atoms with Crippen molar-refractivity contribution in [2.75, 3.05) is 19.0 Å². The van der Waals surface area contributed by atoms with Gasteiger partial charge in [0.15, 0.2) is 0 Å². The first-order chi connectivity index (χ1) is 12.7. The van der Waals surface area contributed by atoms with E-state index < -0.39 is 0 Å². The third-order valence-corrected chi connectivity index (χ3v) is 3.86. The van der Waals surface area contributed by atoms with Crippen molar-refractivity contribution in [2.45, 2.75) is 0 Å². The molecule has 6 nitrogen and oxygen atoms in total. The van der Waals surface area contributed by atoms with Gasteiger partial charge in [0.05, 0.1) is 19.9 Å². The Hall–Kier alpha value is -3.54. The number of hydrazone groups is 1. The van der Waals surface area contributed by atoms with Crippen molar-refractivity contribution < 1.29 is 14.6 Å². The number of hydrogen-bond donors (Lipinski definition) is 3. The van der Waals surface area contributed by atoms with Crippen LogP contribution < -0.4 is 15.5 Å². The normalized spacial score (nSPS) is 10.8. The van der Waals surface area contributed by atoms with Crippen LogP contribution in [0.1, 0.15) is 5.56 Å². The van der Waals surface area contributed by atoms with E-state index in [4.69, 9.17) is 4.74 Å². The van der Waals surface area contributed by atoms with Crippen molar-refractivity contribution in [1.82, 2.24) is 5.43 Å². The molecule has 0 radical (unpaired) electrons. The van der Waals surface area contributed by atoms with Gasteiger partial charge in [-0.05, 0) is 23.6 Å². The number of carbonyl (C=O) groups is 1. The number of fused-ring (bicyclic) bond motifs is 1. The van der Waals surface area contributed by atoms with Crippen LogP contribution in [0.2, 0.25) is 0 Å². The number of nitrogens with one attached hydrogen (secondary N) is 2. The van der Waals surface area contributed by atoms with Crippen molar-refractivity contribution in [2.24, 2.45) is 5.10 Å². The molecular formula is C20H19N3O3. The minimum Gasteiger partial charge on any atom is -0.507 e. The smallest absolute Gasteiger partial charge is 0.259 e. The Bertz CT molecular complexity index is 949. The first-order valence-electron chi connectivity index (χ1n) is 8.08. The average molecular weight is 349 g/mol. The summed E-state index contributed by atoms with van der Waals surface area (Å²) in [5.41, 5.74) is 3.79. The summed E-state index contributed by atoms with van der Waals surface area (Å²) in [7, 11) is 1.52. The highest BCUT2D eigenvalue weighted by Crippen LogP contribution is 2.23. The monoisotopic (exact) mass is 349 g/mol. The maximum absolute atomic E-state index is 12.0. The highest BCUT2D eigenvalue weighted by Gasteiger charge is 2.04. The number of phenolic OH excluding ortho intramolecular Hbond substituents is 1. The van der Waals surface area contributed by atoms with Crippen LogP contribution >= 0.6 is 0 Å². The Balaban J connectivity index is 1.57. The quantitative estimate of drug-likeness (QED) is 0.472. The second-order valence-corrected chi connectivity index (χ2v) is 5.60. The number of anilines is 1. The largest absolute Gasteiger partial charge is 0.507 e. The molecule has 3 rings (SSSR count). The molecule has 3 N–H and O–H groups in total. The Morgan fingerprint density at radius 2 is 1.96 bits per heavy atom. The van der Waals surface area contributed by atoms with E-state index in [1.165, 1.54) is 19.4 Å². The Labute approximate surface area is 151 Å². The predicted molar refractivity (Wildman–Crippen MR) is 103 cm³/mol. The molecule has 0 spiro atoms. The summed E-state index contributed by atoms with van der Waals surface area (Å²) in [6, 6.07) is 18.7. The van der Waals surface area contributed by atoms with Crippen LogP contribution in [0.5, 0.6) is 11.5 Å². The van der Waals surface area contributed by atoms with Crippen molar-refractivity contribution in [3.05, 3.63) is 66.2 Å². The van der Waals surface area contributed by atoms with Gasteiger partial charge in [-0.15, -0.1) is 0 Å². The molecule has 0 saturated heterocycles. The molecule has 3 aromatic carbocycles. The summed E-state index contributed by atoms with van der Waals surface area (Å²) in [6.45, 7) is 0.0833. The van der Waals surface area contributed by atoms with Crippen LogP contribution in [0.25, 0.3) is 10.8 Å². The third-order valence-electron chi connectivity index (χ3n) is 3.86. The van der Waals surface area contributed by atoms with Crippen molar-refractivity contribution >= 4 is 28.6 Å². The number of amides is 1. The lowest BCUT2D eigenvalue weighted by molar-refractivity contribution is -0.119. The summed E-state index contributed by atoms with van der Waals surface area (Å²) in [5, 5.41) is 19.0. The lowest BCUT2D eigenvalue weighted by Gasteiger charge is -2.08. The van der Waals surface area contributed by atoms with Gasteiger partial charge in [-0.3, -0.25) is 4.79 Å². The number of nitrogens with zero attached hydrogens (tertiary/aromatic N) is 1. The average Bonchev–Trinajstić information content (AvgIpc) is 2.67. The molecule has 0 aliphatic heterocycles. The second-order valence-electron chi connectivity index (χ2n) is 5.60. The molecule has 0 saturated carbocycles. The topological polar surface area (TPSA) is 83.0 Å². The van der Waals surface area contributed by atoms with Crippen molar-refractivity contribution in [3.63, 3.8) is 0 Å². The molecule has 132 valence electrons. The number of benzene rings is 3. The first kappa shape index (κ1) is 17.3. The molecular weight excluding hydrogens is 330 g/mol. The number of ether oxygens (including phenoxy) is 1. The zero-order valence-electron chi connectivity index (χ0n) is 14.3. The zero-order valence-corrected chi connectivity index (χ0v) is 14.3. The zero-order chi connectivity index (χ0) is 18.4. The lowest BCUT2D eigenvalue weighted by Crippen LogP contribution is -2.25. The van der Waals surface area contributed by atoms with E-state index in [1.807, 2.05) is 42.5 Å². The van der Waals surface area contributed by atoms with E-state index >= 15 is 0 Å². The molecule has 0 fully saturated rings. The van der Waals surface area contributed by atoms with Crippen molar-refractivity contribution in [1.29, 1.82) is 0 Å². The highest BCUT2D eigenvalue weighted by atomic mass is 16.5. The Morgan fingerprint density at radius 1 is 1.15 bits per heavy atom. The Morgan fingerprint density at radius 3 is 2.77 bits per heavy atom. The number of rotatable bonds is 6. The van der Waals surface area contributed by atoms with Crippen LogP contribution in [0.3, 0.4) is 0 Å². The molecule has 26 heavy (non-hydrogen) atoms. The van der Waals surface area contributed by atoms with Gasteiger partial charge < -0.3 is 15.2 Å². The van der Waals surface area contributed by atoms with E-state index in [0.29, 0.717) is 11.3 Å². The van der Waals surface area contributed by atoms with E-state index in [0.717, 1.165) is 16.5 Å². The third kappa shape index (κ3) is 4.10. The van der Waals surface area contributed by atoms with Gasteiger partial charge in [-0.2, -0.15) is 5.10 Å². The van der Waals surface area contributed by atoms with E-state index in [1.54, 1.807) is 12.1 Å². The fourth-order valence-corrected chi connectivity index (χ4v) is 2.53. The van der Waals surface area contributed by atoms with Crippen LogP contribution in [0.15, 0.2) is 65.8 Å². The summed E-state index contributed by atoms with van der Waals surface area (Å²) >= 11 is 0. The van der Waals surface area contributed by atoms with E-state index in [9.17, 15) is 9.90 Å². The number of methoxy groups -OCH3 is 1. The molecule has 3 aromatic rings. The van der Waals surface area contributed by atoms with Gasteiger partial charge in [0.2, 0.25) is 0 Å². The van der Waals surface area contributed by atoms with Gasteiger partial charge in [0.25, 0.3) is 5.91 Å². The van der Waals surface area contributed by atoms with Gasteiger partial charge in [-0.1, -0.05) is 36.4 Å². The molecule has 0 atom stereocenters. The maximum Gasteiger partial charge on any atom is 0.259 e. The van der Waals surface area contributed by atoms with Crippen LogP contribution in [-0.4, -0.2) is 30.9 Å². The molecule has 6 heteroatoms. The number of aromatic hydroxyl groups is 1. The highest BCUT2D eigenvalue weighted by molar-refractivity contribution is 5.95. The summed E-state index contributed by atoms with van der Waals surface area (Å²) in [5.74, 6) is 0.279. The van der Waals surface area contributed by atoms with E-state index in [2.05, 4.69) is 15.8 Å². The fourth-order valence-electron chi connectivity index (χ4n) is 2.53. The van der Waals surface area contributed by atoms with Gasteiger partial charge >= 0.3 is 0 Å². The fraction of sp³-hybridized carbons (Fsp3) is 0.100.